The number of amides is 1. The lowest BCUT2D eigenvalue weighted by Crippen LogP contribution is -2.44. The molecule has 2 heterocycles. The summed E-state index contributed by atoms with van der Waals surface area (Å²) in [6, 6.07) is -0.194. The summed E-state index contributed by atoms with van der Waals surface area (Å²) in [6.45, 7) is 4.62. The first-order valence-corrected chi connectivity index (χ1v) is 9.66. The fourth-order valence-corrected chi connectivity index (χ4v) is 4.74. The van der Waals surface area contributed by atoms with Gasteiger partial charge in [-0.05, 0) is 12.3 Å². The molecule has 1 aliphatic heterocycles. The molecule has 7 nitrogen and oxygen atoms in total. The number of hydrogen-bond donors (Lipinski definition) is 1. The molecule has 0 aliphatic carbocycles. The highest BCUT2D eigenvalue weighted by atomic mass is 32.2. The van der Waals surface area contributed by atoms with Crippen LogP contribution >= 0.6 is 11.8 Å². The number of thioether (sulfide) groups is 1. The minimum atomic E-state index is -3.00. The number of rotatable bonds is 6. The third-order valence-corrected chi connectivity index (χ3v) is 5.87. The van der Waals surface area contributed by atoms with E-state index in [1.165, 1.54) is 18.1 Å². The van der Waals surface area contributed by atoms with Crippen molar-refractivity contribution < 1.29 is 13.2 Å². The quantitative estimate of drug-likeness (QED) is 0.765. The minimum absolute atomic E-state index is 0.0489. The van der Waals surface area contributed by atoms with E-state index in [1.54, 1.807) is 4.90 Å². The minimum Gasteiger partial charge on any atom is -0.338 e. The van der Waals surface area contributed by atoms with E-state index in [0.29, 0.717) is 24.0 Å². The molecule has 21 heavy (non-hydrogen) atoms. The highest BCUT2D eigenvalue weighted by molar-refractivity contribution is 7.99. The van der Waals surface area contributed by atoms with Gasteiger partial charge in [0.15, 0.2) is 15.0 Å². The van der Waals surface area contributed by atoms with Gasteiger partial charge in [0, 0.05) is 12.6 Å². The number of nitrogens with one attached hydrogen (secondary N) is 1. The molecule has 1 amide bonds. The van der Waals surface area contributed by atoms with Crippen LogP contribution in [0.5, 0.6) is 0 Å². The summed E-state index contributed by atoms with van der Waals surface area (Å²) in [6.07, 6.45) is 1.93. The monoisotopic (exact) mass is 332 g/mol. The van der Waals surface area contributed by atoms with Gasteiger partial charge >= 0.3 is 0 Å². The van der Waals surface area contributed by atoms with Gasteiger partial charge in [0.1, 0.15) is 6.33 Å². The van der Waals surface area contributed by atoms with Crippen LogP contribution in [0.15, 0.2) is 11.5 Å². The predicted molar refractivity (Wildman–Crippen MR) is 80.7 cm³/mol. The molecule has 1 aromatic heterocycles. The Morgan fingerprint density at radius 2 is 2.33 bits per heavy atom. The molecule has 1 fully saturated rings. The Hall–Kier alpha value is -1.09. The molecule has 2 rings (SSSR count). The highest BCUT2D eigenvalue weighted by Gasteiger charge is 2.34. The van der Waals surface area contributed by atoms with Crippen molar-refractivity contribution in [1.29, 1.82) is 0 Å². The van der Waals surface area contributed by atoms with Crippen molar-refractivity contribution in [2.75, 3.05) is 23.8 Å². The molecule has 1 aromatic rings. The van der Waals surface area contributed by atoms with E-state index in [4.69, 9.17) is 0 Å². The zero-order valence-electron chi connectivity index (χ0n) is 12.2. The molecular weight excluding hydrogens is 312 g/mol. The van der Waals surface area contributed by atoms with Gasteiger partial charge < -0.3 is 4.90 Å². The number of hydrogen-bond acceptors (Lipinski definition) is 6. The van der Waals surface area contributed by atoms with E-state index in [-0.39, 0.29) is 29.2 Å². The van der Waals surface area contributed by atoms with Crippen molar-refractivity contribution in [3.63, 3.8) is 0 Å². The summed E-state index contributed by atoms with van der Waals surface area (Å²) in [4.78, 5) is 18.1. The summed E-state index contributed by atoms with van der Waals surface area (Å²) in [5.74, 6) is 0.742. The summed E-state index contributed by atoms with van der Waals surface area (Å²) in [5, 5.41) is 7.01. The van der Waals surface area contributed by atoms with Gasteiger partial charge in [0.2, 0.25) is 5.91 Å². The van der Waals surface area contributed by atoms with E-state index < -0.39 is 9.84 Å². The van der Waals surface area contributed by atoms with Crippen molar-refractivity contribution in [2.45, 2.75) is 31.5 Å². The number of carbonyl (C=O) groups is 1. The smallest absolute Gasteiger partial charge is 0.233 e. The van der Waals surface area contributed by atoms with Crippen molar-refractivity contribution in [3.8, 4) is 0 Å². The summed E-state index contributed by atoms with van der Waals surface area (Å²) >= 11 is 1.28. The van der Waals surface area contributed by atoms with Gasteiger partial charge in [0.05, 0.1) is 17.3 Å². The molecule has 0 aromatic carbocycles. The van der Waals surface area contributed by atoms with Gasteiger partial charge in [-0.3, -0.25) is 9.89 Å². The van der Waals surface area contributed by atoms with Gasteiger partial charge in [-0.25, -0.2) is 13.4 Å². The maximum absolute atomic E-state index is 12.4. The lowest BCUT2D eigenvalue weighted by atomic mass is 10.1. The first-order valence-electron chi connectivity index (χ1n) is 6.85. The SMILES string of the molecule is CC(C)CN(C(=O)CSc1ncn[nH]1)[C@H]1CCS(=O)(=O)C1. The molecular formula is C12H20N4O3S2. The maximum atomic E-state index is 12.4. The van der Waals surface area contributed by atoms with E-state index >= 15 is 0 Å². The second-order valence-electron chi connectivity index (χ2n) is 5.58. The molecule has 9 heteroatoms. The van der Waals surface area contributed by atoms with Crippen molar-refractivity contribution in [2.24, 2.45) is 5.92 Å². The lowest BCUT2D eigenvalue weighted by Gasteiger charge is -2.29. The Balaban J connectivity index is 1.99. The van der Waals surface area contributed by atoms with E-state index in [0.717, 1.165) is 0 Å². The number of H-pyrrole nitrogens is 1. The number of sulfone groups is 1. The molecule has 118 valence electrons. The van der Waals surface area contributed by atoms with Crippen LogP contribution in [0.2, 0.25) is 0 Å². The Morgan fingerprint density at radius 3 is 2.86 bits per heavy atom. The third kappa shape index (κ3) is 4.70. The molecule has 0 bridgehead atoms. The van der Waals surface area contributed by atoms with Crippen molar-refractivity contribution in [3.05, 3.63) is 6.33 Å². The zero-order valence-corrected chi connectivity index (χ0v) is 13.8. The van der Waals surface area contributed by atoms with Crippen molar-refractivity contribution in [1.82, 2.24) is 20.1 Å². The van der Waals surface area contributed by atoms with Crippen molar-refractivity contribution >= 4 is 27.5 Å². The Morgan fingerprint density at radius 1 is 1.57 bits per heavy atom. The first-order chi connectivity index (χ1) is 9.87. The average Bonchev–Trinajstić information content (AvgIpc) is 3.02. The molecule has 1 aliphatic rings. The van der Waals surface area contributed by atoms with Crippen LogP contribution in [0.25, 0.3) is 0 Å². The summed E-state index contributed by atoms with van der Waals surface area (Å²) < 4.78 is 23.3. The number of carbonyl (C=O) groups excluding carboxylic acids is 1. The molecule has 1 N–H and O–H groups in total. The second kappa shape index (κ2) is 6.78. The molecule has 0 spiro atoms. The number of aromatic nitrogens is 3. The first kappa shape index (κ1) is 16.3. The summed E-state index contributed by atoms with van der Waals surface area (Å²) in [5.41, 5.74) is 0. The van der Waals surface area contributed by atoms with Crippen LogP contribution in [0.1, 0.15) is 20.3 Å². The standard InChI is InChI=1S/C12H20N4O3S2/c1-9(2)5-16(10-3-4-21(18,19)7-10)11(17)6-20-12-13-8-14-15-12/h8-10H,3-7H2,1-2H3,(H,13,14,15)/t10-/m0/s1. The normalized spacial score (nSPS) is 20.8. The predicted octanol–water partition coefficient (Wildman–Crippen LogP) is 0.569. The summed E-state index contributed by atoms with van der Waals surface area (Å²) in [7, 11) is -3.00. The average molecular weight is 332 g/mol. The molecule has 0 radical (unpaired) electrons. The van der Waals surface area contributed by atoms with Crippen LogP contribution < -0.4 is 0 Å². The van der Waals surface area contributed by atoms with Crippen LogP contribution in [-0.2, 0) is 14.6 Å². The molecule has 0 saturated carbocycles. The van der Waals surface area contributed by atoms with Gasteiger partial charge in [0.25, 0.3) is 0 Å². The maximum Gasteiger partial charge on any atom is 0.233 e. The van der Waals surface area contributed by atoms with Crippen LogP contribution in [0, 0.1) is 5.92 Å². The number of aromatic amines is 1. The third-order valence-electron chi connectivity index (χ3n) is 3.26. The van der Waals surface area contributed by atoms with Gasteiger partial charge in [-0.2, -0.15) is 5.10 Å². The van der Waals surface area contributed by atoms with Gasteiger partial charge in [-0.15, -0.1) is 0 Å². The topological polar surface area (TPSA) is 96.0 Å². The Kier molecular flexibility index (Phi) is 5.26. The Bertz CT molecular complexity index is 571. The van der Waals surface area contributed by atoms with Crippen LogP contribution in [0.4, 0.5) is 0 Å². The molecule has 1 saturated heterocycles. The molecule has 1 atom stereocenters. The zero-order chi connectivity index (χ0) is 15.5. The highest BCUT2D eigenvalue weighted by Crippen LogP contribution is 2.21. The fourth-order valence-electron chi connectivity index (χ4n) is 2.35. The van der Waals surface area contributed by atoms with Crippen LogP contribution in [-0.4, -0.2) is 64.3 Å². The Labute approximate surface area is 128 Å². The fraction of sp³-hybridized carbons (Fsp3) is 0.750. The van der Waals surface area contributed by atoms with Crippen LogP contribution in [0.3, 0.4) is 0 Å². The number of nitrogens with zero attached hydrogens (tertiary/aromatic N) is 3. The molecule has 0 unspecified atom stereocenters. The lowest BCUT2D eigenvalue weighted by molar-refractivity contribution is -0.130. The van der Waals surface area contributed by atoms with E-state index in [9.17, 15) is 13.2 Å². The second-order valence-corrected chi connectivity index (χ2v) is 8.77. The van der Waals surface area contributed by atoms with Gasteiger partial charge in [-0.1, -0.05) is 25.6 Å². The van der Waals surface area contributed by atoms with E-state index in [1.807, 2.05) is 13.8 Å². The largest absolute Gasteiger partial charge is 0.338 e. The van der Waals surface area contributed by atoms with E-state index in [2.05, 4.69) is 15.2 Å².